The molecule has 0 amide bonds. The van der Waals surface area contributed by atoms with Crippen LogP contribution in [-0.2, 0) is 6.54 Å². The molecule has 0 aliphatic heterocycles. The van der Waals surface area contributed by atoms with Crippen molar-refractivity contribution in [1.29, 1.82) is 0 Å². The molecule has 0 saturated heterocycles. The van der Waals surface area contributed by atoms with Gasteiger partial charge in [0.2, 0.25) is 0 Å². The molecule has 0 spiro atoms. The van der Waals surface area contributed by atoms with E-state index >= 15 is 0 Å². The molecule has 0 aromatic heterocycles. The molecule has 2 rings (SSSR count). The number of nitro groups is 1. The van der Waals surface area contributed by atoms with E-state index in [1.807, 2.05) is 0 Å². The number of nitrogens with zero attached hydrogens (tertiary/aromatic N) is 1. The second kappa shape index (κ2) is 7.37. The van der Waals surface area contributed by atoms with E-state index < -0.39 is 4.92 Å². The molecule has 116 valence electrons. The molecular weight excluding hydrogens is 289 g/mol. The van der Waals surface area contributed by atoms with Crippen molar-refractivity contribution in [2.75, 3.05) is 23.8 Å². The minimum Gasteiger partial charge on any atom is -0.395 e. The fourth-order valence-corrected chi connectivity index (χ4v) is 1.98. The van der Waals surface area contributed by atoms with Gasteiger partial charge < -0.3 is 15.7 Å². The van der Waals surface area contributed by atoms with E-state index in [0.717, 1.165) is 5.56 Å². The molecule has 2 aromatic carbocycles. The number of rotatable bonds is 7. The summed E-state index contributed by atoms with van der Waals surface area (Å²) in [6.07, 6.45) is 0. The van der Waals surface area contributed by atoms with Gasteiger partial charge in [-0.3, -0.25) is 10.1 Å². The van der Waals surface area contributed by atoms with Crippen molar-refractivity contribution in [2.24, 2.45) is 0 Å². The van der Waals surface area contributed by atoms with Crippen LogP contribution >= 0.6 is 0 Å². The van der Waals surface area contributed by atoms with Crippen LogP contribution in [-0.4, -0.2) is 23.2 Å². The average molecular weight is 305 g/mol. The standard InChI is InChI=1S/C15H16FN3O3/c16-12-3-1-2-11(8-12)10-18-15-9-13(19(21)22)4-5-14(15)17-6-7-20/h1-5,8-9,17-18,20H,6-7,10H2. The lowest BCUT2D eigenvalue weighted by Gasteiger charge is -2.13. The van der Waals surface area contributed by atoms with Gasteiger partial charge in [0.25, 0.3) is 5.69 Å². The minimum atomic E-state index is -0.483. The van der Waals surface area contributed by atoms with Crippen LogP contribution in [0.1, 0.15) is 5.56 Å². The van der Waals surface area contributed by atoms with Crippen LogP contribution in [0.25, 0.3) is 0 Å². The van der Waals surface area contributed by atoms with Crippen molar-refractivity contribution >= 4 is 17.1 Å². The van der Waals surface area contributed by atoms with Crippen LogP contribution in [0.4, 0.5) is 21.5 Å². The smallest absolute Gasteiger partial charge is 0.271 e. The van der Waals surface area contributed by atoms with Crippen molar-refractivity contribution in [3.8, 4) is 0 Å². The summed E-state index contributed by atoms with van der Waals surface area (Å²) in [4.78, 5) is 10.4. The number of nitro benzene ring substituents is 1. The summed E-state index contributed by atoms with van der Waals surface area (Å²) in [6, 6.07) is 10.5. The van der Waals surface area contributed by atoms with E-state index in [-0.39, 0.29) is 18.1 Å². The molecule has 3 N–H and O–H groups in total. The molecule has 7 heteroatoms. The first-order valence-corrected chi connectivity index (χ1v) is 6.71. The summed E-state index contributed by atoms with van der Waals surface area (Å²) in [5, 5.41) is 25.7. The fraction of sp³-hybridized carbons (Fsp3) is 0.200. The van der Waals surface area contributed by atoms with Gasteiger partial charge in [0.15, 0.2) is 0 Å². The second-order valence-corrected chi connectivity index (χ2v) is 4.62. The lowest BCUT2D eigenvalue weighted by Crippen LogP contribution is -2.09. The zero-order valence-corrected chi connectivity index (χ0v) is 11.8. The first-order valence-electron chi connectivity index (χ1n) is 6.71. The van der Waals surface area contributed by atoms with Gasteiger partial charge in [-0.2, -0.15) is 0 Å². The van der Waals surface area contributed by atoms with E-state index in [0.29, 0.717) is 24.5 Å². The van der Waals surface area contributed by atoms with E-state index in [9.17, 15) is 14.5 Å². The third-order valence-corrected chi connectivity index (χ3v) is 3.01. The number of aliphatic hydroxyl groups is 1. The maximum absolute atomic E-state index is 13.2. The highest BCUT2D eigenvalue weighted by atomic mass is 19.1. The SMILES string of the molecule is O=[N+]([O-])c1ccc(NCCO)c(NCc2cccc(F)c2)c1. The molecule has 6 nitrogen and oxygen atoms in total. The molecule has 0 aliphatic carbocycles. The maximum atomic E-state index is 13.2. The van der Waals surface area contributed by atoms with Crippen LogP contribution in [0.2, 0.25) is 0 Å². The van der Waals surface area contributed by atoms with Crippen molar-refractivity contribution in [3.05, 3.63) is 64.0 Å². The topological polar surface area (TPSA) is 87.4 Å². The number of nitrogens with one attached hydrogen (secondary N) is 2. The van der Waals surface area contributed by atoms with Crippen molar-refractivity contribution in [2.45, 2.75) is 6.54 Å². The van der Waals surface area contributed by atoms with Gasteiger partial charge in [-0.25, -0.2) is 4.39 Å². The Morgan fingerprint density at radius 1 is 1.14 bits per heavy atom. The fourth-order valence-electron chi connectivity index (χ4n) is 1.98. The normalized spacial score (nSPS) is 10.3. The summed E-state index contributed by atoms with van der Waals surface area (Å²) in [5.41, 5.74) is 1.83. The average Bonchev–Trinajstić information content (AvgIpc) is 2.51. The molecule has 0 heterocycles. The highest BCUT2D eigenvalue weighted by molar-refractivity contribution is 5.72. The summed E-state index contributed by atoms with van der Waals surface area (Å²) in [5.74, 6) is -0.336. The van der Waals surface area contributed by atoms with Gasteiger partial charge in [0.05, 0.1) is 22.9 Å². The highest BCUT2D eigenvalue weighted by Gasteiger charge is 2.10. The number of benzene rings is 2. The number of aliphatic hydroxyl groups excluding tert-OH is 1. The zero-order chi connectivity index (χ0) is 15.9. The molecule has 0 aliphatic rings. The number of halogens is 1. The quantitative estimate of drug-likeness (QED) is 0.541. The lowest BCUT2D eigenvalue weighted by molar-refractivity contribution is -0.384. The van der Waals surface area contributed by atoms with Gasteiger partial charge >= 0.3 is 0 Å². The van der Waals surface area contributed by atoms with Gasteiger partial charge in [-0.15, -0.1) is 0 Å². The Bertz CT molecular complexity index is 664. The molecule has 0 fully saturated rings. The molecule has 0 radical (unpaired) electrons. The summed E-state index contributed by atoms with van der Waals surface area (Å²) in [7, 11) is 0. The molecular formula is C15H16FN3O3. The second-order valence-electron chi connectivity index (χ2n) is 4.62. The van der Waals surface area contributed by atoms with Crippen molar-refractivity contribution in [3.63, 3.8) is 0 Å². The Morgan fingerprint density at radius 3 is 2.64 bits per heavy atom. The molecule has 0 saturated carbocycles. The summed E-state index contributed by atoms with van der Waals surface area (Å²) in [6.45, 7) is 0.597. The predicted octanol–water partition coefficient (Wildman–Crippen LogP) is 2.75. The van der Waals surface area contributed by atoms with E-state index in [1.165, 1.54) is 24.3 Å². The van der Waals surface area contributed by atoms with Crippen LogP contribution in [0.15, 0.2) is 42.5 Å². The predicted molar refractivity (Wildman–Crippen MR) is 82.4 cm³/mol. The Morgan fingerprint density at radius 2 is 1.95 bits per heavy atom. The van der Waals surface area contributed by atoms with E-state index in [4.69, 9.17) is 5.11 Å². The van der Waals surface area contributed by atoms with Crippen molar-refractivity contribution < 1.29 is 14.4 Å². The summed E-state index contributed by atoms with van der Waals surface area (Å²) >= 11 is 0. The third kappa shape index (κ3) is 4.16. The van der Waals surface area contributed by atoms with Crippen molar-refractivity contribution in [1.82, 2.24) is 0 Å². The van der Waals surface area contributed by atoms with Gasteiger partial charge in [-0.05, 0) is 23.8 Å². The van der Waals surface area contributed by atoms with E-state index in [1.54, 1.807) is 18.2 Å². The number of hydrogen-bond donors (Lipinski definition) is 3. The molecule has 0 atom stereocenters. The van der Waals surface area contributed by atoms with Crippen LogP contribution in [0.5, 0.6) is 0 Å². The molecule has 0 unspecified atom stereocenters. The van der Waals surface area contributed by atoms with Crippen LogP contribution in [0.3, 0.4) is 0 Å². The minimum absolute atomic E-state index is 0.0451. The largest absolute Gasteiger partial charge is 0.395 e. The Hall–Kier alpha value is -2.67. The Labute approximate surface area is 126 Å². The van der Waals surface area contributed by atoms with Gasteiger partial charge in [-0.1, -0.05) is 12.1 Å². The Balaban J connectivity index is 2.18. The lowest BCUT2D eigenvalue weighted by atomic mass is 10.2. The number of anilines is 2. The molecule has 2 aromatic rings. The monoisotopic (exact) mass is 305 g/mol. The first kappa shape index (κ1) is 15.7. The van der Waals surface area contributed by atoms with Crippen LogP contribution < -0.4 is 10.6 Å². The highest BCUT2D eigenvalue weighted by Crippen LogP contribution is 2.27. The van der Waals surface area contributed by atoms with Gasteiger partial charge in [0, 0.05) is 25.2 Å². The summed E-state index contributed by atoms with van der Waals surface area (Å²) < 4.78 is 13.2. The first-order chi connectivity index (χ1) is 10.6. The molecule has 0 bridgehead atoms. The number of non-ortho nitro benzene ring substituents is 1. The third-order valence-electron chi connectivity index (χ3n) is 3.01. The maximum Gasteiger partial charge on any atom is 0.271 e. The van der Waals surface area contributed by atoms with Gasteiger partial charge in [0.1, 0.15) is 5.82 Å². The Kier molecular flexibility index (Phi) is 5.26. The van der Waals surface area contributed by atoms with Crippen LogP contribution in [0, 0.1) is 15.9 Å². The number of hydrogen-bond acceptors (Lipinski definition) is 5. The van der Waals surface area contributed by atoms with E-state index in [2.05, 4.69) is 10.6 Å². The molecule has 22 heavy (non-hydrogen) atoms. The zero-order valence-electron chi connectivity index (χ0n) is 11.8.